The third-order valence-corrected chi connectivity index (χ3v) is 6.58. The number of piperazine rings is 1. The molecular formula is C25H27FN6O2. The topological polar surface area (TPSA) is 79.2 Å². The molecule has 0 bridgehead atoms. The van der Waals surface area contributed by atoms with Crippen molar-refractivity contribution in [3.8, 4) is 0 Å². The zero-order valence-corrected chi connectivity index (χ0v) is 19.3. The Bertz CT molecular complexity index is 1460. The Kier molecular flexibility index (Phi) is 5.79. The zero-order valence-electron chi connectivity index (χ0n) is 19.3. The van der Waals surface area contributed by atoms with Crippen molar-refractivity contribution < 1.29 is 4.39 Å². The SMILES string of the molecule is Cc1ccccc1Cn1c(N2CCN(Cc3ccccc3F)CC2)nc2c1c(=O)[nH]c(=O)n2C. The van der Waals surface area contributed by atoms with Crippen LogP contribution in [-0.4, -0.2) is 50.2 Å². The van der Waals surface area contributed by atoms with Crippen LogP contribution in [-0.2, 0) is 20.1 Å². The van der Waals surface area contributed by atoms with E-state index in [1.165, 1.54) is 10.6 Å². The van der Waals surface area contributed by atoms with Crippen LogP contribution in [0.25, 0.3) is 11.2 Å². The number of halogens is 1. The highest BCUT2D eigenvalue weighted by Crippen LogP contribution is 2.24. The molecule has 1 saturated heterocycles. The fraction of sp³-hybridized carbons (Fsp3) is 0.320. The van der Waals surface area contributed by atoms with Gasteiger partial charge in [0.2, 0.25) is 5.95 Å². The van der Waals surface area contributed by atoms with E-state index in [0.29, 0.717) is 48.9 Å². The molecule has 2 aromatic carbocycles. The summed E-state index contributed by atoms with van der Waals surface area (Å²) in [5.41, 5.74) is 2.70. The summed E-state index contributed by atoms with van der Waals surface area (Å²) in [6.45, 7) is 5.88. The predicted molar refractivity (Wildman–Crippen MR) is 130 cm³/mol. The number of nitrogens with zero attached hydrogens (tertiary/aromatic N) is 5. The van der Waals surface area contributed by atoms with Crippen molar-refractivity contribution in [3.05, 3.63) is 91.9 Å². The summed E-state index contributed by atoms with van der Waals surface area (Å²) in [5.74, 6) is 0.473. The third kappa shape index (κ3) is 4.03. The second kappa shape index (κ2) is 8.90. The molecule has 0 aliphatic carbocycles. The van der Waals surface area contributed by atoms with E-state index < -0.39 is 11.2 Å². The molecule has 5 rings (SSSR count). The number of hydrogen-bond acceptors (Lipinski definition) is 5. The van der Waals surface area contributed by atoms with E-state index in [1.54, 1.807) is 13.1 Å². The lowest BCUT2D eigenvalue weighted by atomic mass is 10.1. The number of hydrogen-bond donors (Lipinski definition) is 1. The average Bonchev–Trinajstić information content (AvgIpc) is 3.21. The minimum atomic E-state index is -0.487. The van der Waals surface area contributed by atoms with Crippen molar-refractivity contribution in [1.29, 1.82) is 0 Å². The number of imidazole rings is 1. The fourth-order valence-corrected chi connectivity index (χ4v) is 4.55. The summed E-state index contributed by atoms with van der Waals surface area (Å²) in [4.78, 5) is 36.6. The van der Waals surface area contributed by atoms with E-state index in [9.17, 15) is 14.0 Å². The molecule has 0 atom stereocenters. The Hall–Kier alpha value is -3.72. The molecule has 176 valence electrons. The van der Waals surface area contributed by atoms with Gasteiger partial charge in [-0.2, -0.15) is 4.98 Å². The van der Waals surface area contributed by atoms with Crippen LogP contribution < -0.4 is 16.1 Å². The second-order valence-electron chi connectivity index (χ2n) is 8.77. The third-order valence-electron chi connectivity index (χ3n) is 6.58. The molecule has 34 heavy (non-hydrogen) atoms. The highest BCUT2D eigenvalue weighted by Gasteiger charge is 2.25. The van der Waals surface area contributed by atoms with Gasteiger partial charge in [-0.25, -0.2) is 9.18 Å². The maximum absolute atomic E-state index is 14.1. The number of aromatic nitrogens is 4. The molecule has 9 heteroatoms. The second-order valence-corrected chi connectivity index (χ2v) is 8.77. The summed E-state index contributed by atoms with van der Waals surface area (Å²) >= 11 is 0. The molecule has 1 fully saturated rings. The number of anilines is 1. The molecule has 0 unspecified atom stereocenters. The van der Waals surface area contributed by atoms with Gasteiger partial charge in [-0.3, -0.25) is 23.8 Å². The molecule has 0 amide bonds. The van der Waals surface area contributed by atoms with Crippen molar-refractivity contribution >= 4 is 17.1 Å². The van der Waals surface area contributed by atoms with Crippen LogP contribution in [0, 0.1) is 12.7 Å². The Labute approximate surface area is 195 Å². The van der Waals surface area contributed by atoms with Gasteiger partial charge in [0, 0.05) is 45.3 Å². The highest BCUT2D eigenvalue weighted by atomic mass is 19.1. The maximum atomic E-state index is 14.1. The van der Waals surface area contributed by atoms with Gasteiger partial charge in [0.05, 0.1) is 6.54 Å². The zero-order chi connectivity index (χ0) is 23.8. The van der Waals surface area contributed by atoms with Gasteiger partial charge in [-0.15, -0.1) is 0 Å². The largest absolute Gasteiger partial charge is 0.340 e. The Balaban J connectivity index is 1.48. The van der Waals surface area contributed by atoms with Crippen molar-refractivity contribution in [3.63, 3.8) is 0 Å². The first kappa shape index (κ1) is 22.1. The lowest BCUT2D eigenvalue weighted by molar-refractivity contribution is 0.245. The predicted octanol–water partition coefficient (Wildman–Crippen LogP) is 2.24. The van der Waals surface area contributed by atoms with Crippen LogP contribution in [0.3, 0.4) is 0 Å². The van der Waals surface area contributed by atoms with Crippen LogP contribution in [0.1, 0.15) is 16.7 Å². The van der Waals surface area contributed by atoms with Gasteiger partial charge in [-0.1, -0.05) is 42.5 Å². The summed E-state index contributed by atoms with van der Waals surface area (Å²) in [6, 6.07) is 14.9. The summed E-state index contributed by atoms with van der Waals surface area (Å²) in [5, 5.41) is 0. The molecular weight excluding hydrogens is 435 g/mol. The van der Waals surface area contributed by atoms with Gasteiger partial charge in [0.25, 0.3) is 5.56 Å². The van der Waals surface area contributed by atoms with Gasteiger partial charge in [0.15, 0.2) is 11.2 Å². The summed E-state index contributed by atoms with van der Waals surface area (Å²) in [6.07, 6.45) is 0. The standard InChI is InChI=1S/C25H27FN6O2/c1-17-7-3-4-8-18(17)16-32-21-22(29(2)25(34)28-23(21)33)27-24(32)31-13-11-30(12-14-31)15-19-9-5-6-10-20(19)26/h3-10H,11-16H2,1-2H3,(H,28,33,34). The van der Waals surface area contributed by atoms with Crippen LogP contribution >= 0.6 is 0 Å². The molecule has 4 aromatic rings. The minimum absolute atomic E-state index is 0.190. The number of aryl methyl sites for hydroxylation is 2. The van der Waals surface area contributed by atoms with Crippen LogP contribution in [0.4, 0.5) is 10.3 Å². The molecule has 2 aromatic heterocycles. The maximum Gasteiger partial charge on any atom is 0.329 e. The van der Waals surface area contributed by atoms with E-state index in [4.69, 9.17) is 4.98 Å². The lowest BCUT2D eigenvalue weighted by Crippen LogP contribution is -2.47. The number of H-pyrrole nitrogens is 1. The van der Waals surface area contributed by atoms with Gasteiger partial charge < -0.3 is 4.90 Å². The molecule has 0 radical (unpaired) electrons. The van der Waals surface area contributed by atoms with Crippen LogP contribution in [0.2, 0.25) is 0 Å². The smallest absolute Gasteiger partial charge is 0.329 e. The van der Waals surface area contributed by atoms with Crippen LogP contribution in [0.15, 0.2) is 58.1 Å². The van der Waals surface area contributed by atoms with Crippen molar-refractivity contribution in [2.75, 3.05) is 31.1 Å². The molecule has 0 spiro atoms. The first-order valence-corrected chi connectivity index (χ1v) is 11.4. The molecule has 0 saturated carbocycles. The van der Waals surface area contributed by atoms with Gasteiger partial charge in [0.1, 0.15) is 5.82 Å². The quantitative estimate of drug-likeness (QED) is 0.492. The fourth-order valence-electron chi connectivity index (χ4n) is 4.55. The number of fused-ring (bicyclic) bond motifs is 1. The first-order valence-electron chi connectivity index (χ1n) is 11.4. The van der Waals surface area contributed by atoms with Gasteiger partial charge >= 0.3 is 5.69 Å². The van der Waals surface area contributed by atoms with E-state index in [2.05, 4.69) is 14.8 Å². The number of benzene rings is 2. The summed E-state index contributed by atoms with van der Waals surface area (Å²) in [7, 11) is 1.61. The number of nitrogens with one attached hydrogen (secondary N) is 1. The summed E-state index contributed by atoms with van der Waals surface area (Å²) < 4.78 is 17.4. The van der Waals surface area contributed by atoms with Crippen LogP contribution in [0.5, 0.6) is 0 Å². The van der Waals surface area contributed by atoms with E-state index in [-0.39, 0.29) is 5.82 Å². The number of aromatic amines is 1. The average molecular weight is 463 g/mol. The van der Waals surface area contributed by atoms with Crippen molar-refractivity contribution in [2.45, 2.75) is 20.0 Å². The van der Waals surface area contributed by atoms with E-state index in [0.717, 1.165) is 24.2 Å². The van der Waals surface area contributed by atoms with E-state index >= 15 is 0 Å². The molecule has 8 nitrogen and oxygen atoms in total. The molecule has 1 aliphatic heterocycles. The Morgan fingerprint density at radius 1 is 0.941 bits per heavy atom. The first-order chi connectivity index (χ1) is 16.4. The van der Waals surface area contributed by atoms with Gasteiger partial charge in [-0.05, 0) is 24.1 Å². The van der Waals surface area contributed by atoms with E-state index in [1.807, 2.05) is 47.9 Å². The minimum Gasteiger partial charge on any atom is -0.340 e. The van der Waals surface area contributed by atoms with Crippen molar-refractivity contribution in [2.24, 2.45) is 7.05 Å². The number of rotatable bonds is 5. The lowest BCUT2D eigenvalue weighted by Gasteiger charge is -2.35. The normalized spacial score (nSPS) is 14.7. The molecule has 3 heterocycles. The Morgan fingerprint density at radius 3 is 2.32 bits per heavy atom. The highest BCUT2D eigenvalue weighted by molar-refractivity contribution is 5.74. The Morgan fingerprint density at radius 2 is 1.62 bits per heavy atom. The molecule has 1 aliphatic rings. The van der Waals surface area contributed by atoms with Crippen molar-refractivity contribution in [1.82, 2.24) is 24.0 Å². The monoisotopic (exact) mass is 462 g/mol. The molecule has 1 N–H and O–H groups in total.